The van der Waals surface area contributed by atoms with Gasteiger partial charge in [0.15, 0.2) is 0 Å². The third-order valence-corrected chi connectivity index (χ3v) is 3.46. The van der Waals surface area contributed by atoms with Crippen LogP contribution in [0.1, 0.15) is 17.3 Å². The number of hydrogen-bond acceptors (Lipinski definition) is 4. The molecule has 0 radical (unpaired) electrons. The Kier molecular flexibility index (Phi) is 7.60. The second kappa shape index (κ2) is 10.4. The van der Waals surface area contributed by atoms with E-state index < -0.39 is 12.1 Å². The first-order valence-electron chi connectivity index (χ1n) is 8.39. The molecule has 0 fully saturated rings. The number of rotatable bonds is 4. The Morgan fingerprint density at radius 2 is 1.26 bits per heavy atom. The summed E-state index contributed by atoms with van der Waals surface area (Å²) in [5, 5.41) is 8.43. The highest BCUT2D eigenvalue weighted by Gasteiger charge is 2.14. The molecule has 5 heteroatoms. The summed E-state index contributed by atoms with van der Waals surface area (Å²) in [6.45, 7) is 1.89. The van der Waals surface area contributed by atoms with Gasteiger partial charge in [0.25, 0.3) is 0 Å². The van der Waals surface area contributed by atoms with Crippen LogP contribution >= 0.6 is 0 Å². The molecule has 0 amide bonds. The second-order valence-corrected chi connectivity index (χ2v) is 5.32. The molecule has 0 aromatic heterocycles. The molecule has 3 rings (SSSR count). The largest absolute Gasteiger partial charge is 0.511 e. The van der Waals surface area contributed by atoms with Crippen LogP contribution in [0.2, 0.25) is 0 Å². The predicted octanol–water partition coefficient (Wildman–Crippen LogP) is 5.27. The van der Waals surface area contributed by atoms with Gasteiger partial charge >= 0.3 is 12.1 Å². The topological polar surface area (TPSA) is 72.8 Å². The highest BCUT2D eigenvalue weighted by Crippen LogP contribution is 2.19. The summed E-state index contributed by atoms with van der Waals surface area (Å²) in [7, 11) is 0. The van der Waals surface area contributed by atoms with Gasteiger partial charge in [-0.15, -0.1) is 0 Å². The van der Waals surface area contributed by atoms with E-state index in [1.54, 1.807) is 19.1 Å². The fourth-order valence-corrected chi connectivity index (χ4v) is 2.29. The van der Waals surface area contributed by atoms with Gasteiger partial charge in [0.2, 0.25) is 0 Å². The molecule has 3 aromatic carbocycles. The summed E-state index contributed by atoms with van der Waals surface area (Å²) in [4.78, 5) is 21.7. The average Bonchev–Trinajstić information content (AvgIpc) is 2.70. The second-order valence-electron chi connectivity index (χ2n) is 5.32. The van der Waals surface area contributed by atoms with E-state index in [1.165, 1.54) is 23.3 Å². The minimum absolute atomic E-state index is 0.0246. The Hall–Kier alpha value is -3.60. The molecule has 0 aliphatic rings. The van der Waals surface area contributed by atoms with E-state index in [-0.39, 0.29) is 17.9 Å². The van der Waals surface area contributed by atoms with Gasteiger partial charge in [0.1, 0.15) is 11.3 Å². The number of carbonyl (C=O) groups excluding carboxylic acids is 1. The Labute approximate surface area is 157 Å². The maximum atomic E-state index is 11.4. The van der Waals surface area contributed by atoms with E-state index in [0.29, 0.717) is 0 Å². The van der Waals surface area contributed by atoms with Crippen molar-refractivity contribution in [3.8, 4) is 16.9 Å². The van der Waals surface area contributed by atoms with Gasteiger partial charge in [0, 0.05) is 0 Å². The number of ether oxygens (including phenoxy) is 2. The molecular formula is C22H20O5. The van der Waals surface area contributed by atoms with Crippen molar-refractivity contribution in [2.24, 2.45) is 0 Å². The van der Waals surface area contributed by atoms with E-state index in [4.69, 9.17) is 9.84 Å². The fraction of sp³-hybridized carbons (Fsp3) is 0.0909. The number of para-hydroxylation sites is 1. The number of benzene rings is 3. The van der Waals surface area contributed by atoms with E-state index in [0.717, 1.165) is 0 Å². The van der Waals surface area contributed by atoms with Crippen LogP contribution in [0.15, 0.2) is 84.9 Å². The quantitative estimate of drug-likeness (QED) is 0.504. The van der Waals surface area contributed by atoms with Crippen molar-refractivity contribution in [1.82, 2.24) is 0 Å². The van der Waals surface area contributed by atoms with Crippen molar-refractivity contribution in [3.63, 3.8) is 0 Å². The maximum absolute atomic E-state index is 11.4. The third kappa shape index (κ3) is 6.32. The molecule has 0 saturated heterocycles. The summed E-state index contributed by atoms with van der Waals surface area (Å²) in [6.07, 6.45) is -1.47. The summed E-state index contributed by atoms with van der Waals surface area (Å²) in [5.74, 6) is -0.627. The van der Waals surface area contributed by atoms with E-state index in [1.807, 2.05) is 12.1 Å². The zero-order valence-corrected chi connectivity index (χ0v) is 14.9. The van der Waals surface area contributed by atoms with Crippen LogP contribution in [0, 0.1) is 0 Å². The highest BCUT2D eigenvalue weighted by atomic mass is 16.7. The van der Waals surface area contributed by atoms with E-state index >= 15 is 0 Å². The lowest BCUT2D eigenvalue weighted by atomic mass is 10.1. The minimum Gasteiger partial charge on any atom is -0.462 e. The molecule has 27 heavy (non-hydrogen) atoms. The zero-order valence-electron chi connectivity index (χ0n) is 14.9. The van der Waals surface area contributed by atoms with Crippen molar-refractivity contribution in [3.05, 3.63) is 90.5 Å². The molecule has 0 spiro atoms. The molecule has 0 aliphatic heterocycles. The molecule has 0 bridgehead atoms. The van der Waals surface area contributed by atoms with Crippen LogP contribution in [-0.2, 0) is 4.74 Å². The first-order chi connectivity index (χ1) is 13.1. The van der Waals surface area contributed by atoms with Crippen molar-refractivity contribution in [1.29, 1.82) is 0 Å². The normalized spacial score (nSPS) is 9.52. The van der Waals surface area contributed by atoms with Gasteiger partial charge in [-0.1, -0.05) is 72.8 Å². The fourth-order valence-electron chi connectivity index (χ4n) is 2.29. The maximum Gasteiger partial charge on any atom is 0.511 e. The molecule has 1 N–H and O–H groups in total. The van der Waals surface area contributed by atoms with Crippen molar-refractivity contribution in [2.45, 2.75) is 6.92 Å². The predicted molar refractivity (Wildman–Crippen MR) is 103 cm³/mol. The number of esters is 1. The van der Waals surface area contributed by atoms with Crippen LogP contribution < -0.4 is 4.74 Å². The van der Waals surface area contributed by atoms with Crippen LogP contribution in [0.3, 0.4) is 0 Å². The first-order valence-corrected chi connectivity index (χ1v) is 8.39. The lowest BCUT2D eigenvalue weighted by Crippen LogP contribution is -2.10. The van der Waals surface area contributed by atoms with Crippen LogP contribution in [0.4, 0.5) is 4.79 Å². The lowest BCUT2D eigenvalue weighted by Gasteiger charge is -2.06. The molecule has 138 valence electrons. The minimum atomic E-state index is -1.47. The van der Waals surface area contributed by atoms with Crippen molar-refractivity contribution in [2.75, 3.05) is 6.61 Å². The lowest BCUT2D eigenvalue weighted by molar-refractivity contribution is 0.0522. The zero-order chi connectivity index (χ0) is 19.5. The summed E-state index contributed by atoms with van der Waals surface area (Å²) in [6, 6.07) is 26.8. The SMILES string of the molecule is CCOC(=O)c1ccccc1OC(=O)O.c1ccc(-c2ccccc2)cc1. The van der Waals surface area contributed by atoms with Gasteiger partial charge in [-0.25, -0.2) is 9.59 Å². The highest BCUT2D eigenvalue weighted by molar-refractivity contribution is 5.93. The molecule has 0 atom stereocenters. The molecular weight excluding hydrogens is 344 g/mol. The summed E-state index contributed by atoms with van der Waals surface area (Å²) >= 11 is 0. The number of hydrogen-bond donors (Lipinski definition) is 1. The van der Waals surface area contributed by atoms with Gasteiger partial charge < -0.3 is 14.6 Å². The summed E-state index contributed by atoms with van der Waals surface area (Å²) < 4.78 is 9.17. The Bertz CT molecular complexity index is 823. The Morgan fingerprint density at radius 1 is 0.778 bits per heavy atom. The monoisotopic (exact) mass is 364 g/mol. The molecule has 0 saturated carbocycles. The molecule has 5 nitrogen and oxygen atoms in total. The van der Waals surface area contributed by atoms with Gasteiger partial charge in [-0.2, -0.15) is 0 Å². The average molecular weight is 364 g/mol. The standard InChI is InChI=1S/C12H10.C10H10O5/c1-3-7-11(8-4-1)12-9-5-2-6-10-12;1-2-14-9(11)7-5-3-4-6-8(7)15-10(12)13/h1-10H;3-6H,2H2,1H3,(H,12,13). The number of carboxylic acid groups (broad SMARTS) is 1. The van der Waals surface area contributed by atoms with Gasteiger partial charge in [0.05, 0.1) is 6.61 Å². The van der Waals surface area contributed by atoms with Gasteiger partial charge in [-0.05, 0) is 30.2 Å². The van der Waals surface area contributed by atoms with Crippen LogP contribution in [0.25, 0.3) is 11.1 Å². The van der Waals surface area contributed by atoms with Crippen LogP contribution in [0.5, 0.6) is 5.75 Å². The van der Waals surface area contributed by atoms with E-state index in [9.17, 15) is 9.59 Å². The Balaban J connectivity index is 0.000000198. The molecule has 0 aliphatic carbocycles. The Morgan fingerprint density at radius 3 is 1.74 bits per heavy atom. The molecule has 0 unspecified atom stereocenters. The first kappa shape index (κ1) is 19.7. The summed E-state index contributed by atoms with van der Waals surface area (Å²) in [5.41, 5.74) is 2.65. The number of carbonyl (C=O) groups is 2. The molecule has 3 aromatic rings. The van der Waals surface area contributed by atoms with E-state index in [2.05, 4.69) is 53.3 Å². The smallest absolute Gasteiger partial charge is 0.462 e. The third-order valence-electron chi connectivity index (χ3n) is 3.46. The van der Waals surface area contributed by atoms with Crippen LogP contribution in [-0.4, -0.2) is 23.8 Å². The van der Waals surface area contributed by atoms with Gasteiger partial charge in [-0.3, -0.25) is 0 Å². The van der Waals surface area contributed by atoms with Crippen molar-refractivity contribution >= 4 is 12.1 Å². The van der Waals surface area contributed by atoms with Crippen molar-refractivity contribution < 1.29 is 24.2 Å². The molecule has 0 heterocycles.